The fraction of sp³-hybridized carbons (Fsp3) is 0.0625. The van der Waals surface area contributed by atoms with Gasteiger partial charge in [-0.2, -0.15) is 0 Å². The van der Waals surface area contributed by atoms with E-state index < -0.39 is 6.36 Å². The summed E-state index contributed by atoms with van der Waals surface area (Å²) in [6.45, 7) is 0. The SMILES string of the molecule is Nc1ccc2cccc(-c3ccc(OC(F)(F)F)cc3)c2n1. The summed E-state index contributed by atoms with van der Waals surface area (Å²) < 4.78 is 40.4. The number of hydrogen-bond acceptors (Lipinski definition) is 3. The molecule has 0 aliphatic rings. The maximum Gasteiger partial charge on any atom is 0.573 e. The molecule has 0 unspecified atom stereocenters. The summed E-state index contributed by atoms with van der Waals surface area (Å²) in [5, 5.41) is 0.905. The zero-order valence-corrected chi connectivity index (χ0v) is 11.3. The molecule has 3 rings (SSSR count). The van der Waals surface area contributed by atoms with Crippen molar-refractivity contribution in [3.63, 3.8) is 0 Å². The minimum atomic E-state index is -4.70. The van der Waals surface area contributed by atoms with E-state index in [-0.39, 0.29) is 5.75 Å². The Balaban J connectivity index is 2.03. The number of alkyl halides is 3. The second-order valence-corrected chi connectivity index (χ2v) is 4.69. The van der Waals surface area contributed by atoms with Crippen molar-refractivity contribution in [2.24, 2.45) is 0 Å². The monoisotopic (exact) mass is 304 g/mol. The predicted octanol–water partition coefficient (Wildman–Crippen LogP) is 4.38. The van der Waals surface area contributed by atoms with E-state index in [1.54, 1.807) is 18.2 Å². The fourth-order valence-corrected chi connectivity index (χ4v) is 2.23. The Bertz CT molecular complexity index is 814. The number of nitrogens with two attached hydrogens (primary N) is 1. The number of nitrogen functional groups attached to an aromatic ring is 1. The zero-order valence-electron chi connectivity index (χ0n) is 11.3. The Morgan fingerprint density at radius 1 is 0.909 bits per heavy atom. The summed E-state index contributed by atoms with van der Waals surface area (Å²) >= 11 is 0. The fourth-order valence-electron chi connectivity index (χ4n) is 2.23. The van der Waals surface area contributed by atoms with Gasteiger partial charge in [0.25, 0.3) is 0 Å². The van der Waals surface area contributed by atoms with Crippen LogP contribution in [0.3, 0.4) is 0 Å². The Hall–Kier alpha value is -2.76. The lowest BCUT2D eigenvalue weighted by atomic mass is 10.0. The first kappa shape index (κ1) is 14.2. The van der Waals surface area contributed by atoms with Gasteiger partial charge in [-0.1, -0.05) is 30.3 Å². The number of halogens is 3. The highest BCUT2D eigenvalue weighted by atomic mass is 19.4. The van der Waals surface area contributed by atoms with Crippen LogP contribution in [0.1, 0.15) is 0 Å². The smallest absolute Gasteiger partial charge is 0.406 e. The second-order valence-electron chi connectivity index (χ2n) is 4.69. The summed E-state index contributed by atoms with van der Waals surface area (Å²) in [4.78, 5) is 4.30. The van der Waals surface area contributed by atoms with Gasteiger partial charge in [0.15, 0.2) is 0 Å². The van der Waals surface area contributed by atoms with Gasteiger partial charge in [-0.25, -0.2) is 4.98 Å². The summed E-state index contributed by atoms with van der Waals surface area (Å²) in [7, 11) is 0. The van der Waals surface area contributed by atoms with Crippen molar-refractivity contribution in [3.05, 3.63) is 54.6 Å². The maximum atomic E-state index is 12.2. The molecule has 3 aromatic rings. The highest BCUT2D eigenvalue weighted by Gasteiger charge is 2.30. The molecule has 22 heavy (non-hydrogen) atoms. The second kappa shape index (κ2) is 5.22. The zero-order chi connectivity index (χ0) is 15.7. The molecule has 0 spiro atoms. The highest BCUT2D eigenvalue weighted by molar-refractivity contribution is 5.94. The van der Waals surface area contributed by atoms with Crippen molar-refractivity contribution in [3.8, 4) is 16.9 Å². The lowest BCUT2D eigenvalue weighted by molar-refractivity contribution is -0.274. The van der Waals surface area contributed by atoms with Gasteiger partial charge in [0, 0.05) is 10.9 Å². The summed E-state index contributed by atoms with van der Waals surface area (Å²) in [6, 6.07) is 14.8. The van der Waals surface area contributed by atoms with Gasteiger partial charge in [-0.3, -0.25) is 0 Å². The molecular formula is C16H11F3N2O. The van der Waals surface area contributed by atoms with Gasteiger partial charge in [0.2, 0.25) is 0 Å². The van der Waals surface area contributed by atoms with Crippen molar-refractivity contribution in [2.75, 3.05) is 5.73 Å². The first-order chi connectivity index (χ1) is 10.4. The molecule has 0 aliphatic heterocycles. The molecule has 2 N–H and O–H groups in total. The van der Waals surface area contributed by atoms with Crippen LogP contribution in [0.25, 0.3) is 22.0 Å². The number of rotatable bonds is 2. The van der Waals surface area contributed by atoms with E-state index in [0.717, 1.165) is 16.5 Å². The minimum absolute atomic E-state index is 0.260. The minimum Gasteiger partial charge on any atom is -0.406 e. The van der Waals surface area contributed by atoms with Gasteiger partial charge < -0.3 is 10.5 Å². The molecule has 0 saturated carbocycles. The number of benzene rings is 2. The van der Waals surface area contributed by atoms with Crippen LogP contribution >= 0.6 is 0 Å². The van der Waals surface area contributed by atoms with Crippen LogP contribution in [0.15, 0.2) is 54.6 Å². The van der Waals surface area contributed by atoms with Crippen molar-refractivity contribution >= 4 is 16.7 Å². The Morgan fingerprint density at radius 3 is 2.32 bits per heavy atom. The third-order valence-corrected chi connectivity index (χ3v) is 3.14. The molecule has 6 heteroatoms. The molecule has 0 radical (unpaired) electrons. The van der Waals surface area contributed by atoms with Crippen LogP contribution in [-0.2, 0) is 0 Å². The number of nitrogens with zero attached hydrogens (tertiary/aromatic N) is 1. The topological polar surface area (TPSA) is 48.1 Å². The third-order valence-electron chi connectivity index (χ3n) is 3.14. The maximum absolute atomic E-state index is 12.2. The number of fused-ring (bicyclic) bond motifs is 1. The predicted molar refractivity (Wildman–Crippen MR) is 78.3 cm³/mol. The molecule has 1 heterocycles. The van der Waals surface area contributed by atoms with E-state index in [1.165, 1.54) is 12.1 Å². The van der Waals surface area contributed by atoms with Crippen LogP contribution in [0.5, 0.6) is 5.75 Å². The van der Waals surface area contributed by atoms with E-state index in [1.807, 2.05) is 24.3 Å². The van der Waals surface area contributed by atoms with Crippen LogP contribution in [0.2, 0.25) is 0 Å². The normalized spacial score (nSPS) is 11.6. The molecule has 0 atom stereocenters. The van der Waals surface area contributed by atoms with Gasteiger partial charge in [0.1, 0.15) is 11.6 Å². The molecule has 1 aromatic heterocycles. The Labute approximate surface area is 124 Å². The van der Waals surface area contributed by atoms with Crippen molar-refractivity contribution < 1.29 is 17.9 Å². The first-order valence-corrected chi connectivity index (χ1v) is 6.44. The number of para-hydroxylation sites is 1. The van der Waals surface area contributed by atoms with E-state index >= 15 is 0 Å². The lowest BCUT2D eigenvalue weighted by Crippen LogP contribution is -2.16. The van der Waals surface area contributed by atoms with Gasteiger partial charge >= 0.3 is 6.36 Å². The van der Waals surface area contributed by atoms with Gasteiger partial charge in [-0.05, 0) is 29.8 Å². The quantitative estimate of drug-likeness (QED) is 0.764. The van der Waals surface area contributed by atoms with E-state index in [9.17, 15) is 13.2 Å². The average Bonchev–Trinajstić information content (AvgIpc) is 2.46. The number of anilines is 1. The molecule has 0 aliphatic carbocycles. The van der Waals surface area contributed by atoms with Crippen LogP contribution in [0.4, 0.5) is 19.0 Å². The molecule has 3 nitrogen and oxygen atoms in total. The van der Waals surface area contributed by atoms with Gasteiger partial charge in [0.05, 0.1) is 5.52 Å². The molecule has 0 saturated heterocycles. The van der Waals surface area contributed by atoms with Crippen LogP contribution in [-0.4, -0.2) is 11.3 Å². The molecular weight excluding hydrogens is 293 g/mol. The van der Waals surface area contributed by atoms with Crippen LogP contribution < -0.4 is 10.5 Å². The number of hydrogen-bond donors (Lipinski definition) is 1. The Kier molecular flexibility index (Phi) is 3.36. The summed E-state index contributed by atoms with van der Waals surface area (Å²) in [6.07, 6.45) is -4.70. The van der Waals surface area contributed by atoms with Crippen molar-refractivity contribution in [1.29, 1.82) is 0 Å². The number of aromatic nitrogens is 1. The largest absolute Gasteiger partial charge is 0.573 e. The first-order valence-electron chi connectivity index (χ1n) is 6.44. The lowest BCUT2D eigenvalue weighted by Gasteiger charge is -2.10. The van der Waals surface area contributed by atoms with E-state index in [4.69, 9.17) is 5.73 Å². The van der Waals surface area contributed by atoms with Crippen molar-refractivity contribution in [2.45, 2.75) is 6.36 Å². The summed E-state index contributed by atoms with van der Waals surface area (Å²) in [5.74, 6) is 0.126. The standard InChI is InChI=1S/C16H11F3N2O/c17-16(18,19)22-12-7-4-10(5-8-12)13-3-1-2-11-6-9-14(20)21-15(11)13/h1-9H,(H2,20,21). The molecule has 0 bridgehead atoms. The third kappa shape index (κ3) is 2.95. The highest BCUT2D eigenvalue weighted by Crippen LogP contribution is 2.30. The number of pyridine rings is 1. The summed E-state index contributed by atoms with van der Waals surface area (Å²) in [5.41, 5.74) is 7.94. The molecule has 2 aromatic carbocycles. The molecule has 112 valence electrons. The van der Waals surface area contributed by atoms with Crippen molar-refractivity contribution in [1.82, 2.24) is 4.98 Å². The van der Waals surface area contributed by atoms with E-state index in [0.29, 0.717) is 11.3 Å². The molecule has 0 fully saturated rings. The number of ether oxygens (including phenoxy) is 1. The Morgan fingerprint density at radius 2 is 1.64 bits per heavy atom. The van der Waals surface area contributed by atoms with E-state index in [2.05, 4.69) is 9.72 Å². The average molecular weight is 304 g/mol. The van der Waals surface area contributed by atoms with Crippen LogP contribution in [0, 0.1) is 0 Å². The van der Waals surface area contributed by atoms with Gasteiger partial charge in [-0.15, -0.1) is 13.2 Å². The molecule has 0 amide bonds.